The SMILES string of the molecule is CCNC(CSCC(C)C)c1ccccc1OCC. The van der Waals surface area contributed by atoms with E-state index in [9.17, 15) is 0 Å². The first kappa shape index (κ1) is 16.4. The van der Waals surface area contributed by atoms with Gasteiger partial charge in [0, 0.05) is 17.4 Å². The van der Waals surface area contributed by atoms with Gasteiger partial charge in [0.05, 0.1) is 6.61 Å². The smallest absolute Gasteiger partial charge is 0.124 e. The highest BCUT2D eigenvalue weighted by atomic mass is 32.2. The van der Waals surface area contributed by atoms with Gasteiger partial charge in [-0.15, -0.1) is 0 Å². The van der Waals surface area contributed by atoms with Gasteiger partial charge in [-0.2, -0.15) is 11.8 Å². The maximum Gasteiger partial charge on any atom is 0.124 e. The molecule has 0 saturated heterocycles. The van der Waals surface area contributed by atoms with Crippen molar-refractivity contribution in [3.63, 3.8) is 0 Å². The number of nitrogens with one attached hydrogen (secondary N) is 1. The molecule has 0 fully saturated rings. The predicted octanol–water partition coefficient (Wildman–Crippen LogP) is 4.13. The summed E-state index contributed by atoms with van der Waals surface area (Å²) >= 11 is 2.01. The Kier molecular flexibility index (Phi) is 7.99. The molecule has 0 amide bonds. The van der Waals surface area contributed by atoms with Crippen molar-refractivity contribution in [1.82, 2.24) is 5.32 Å². The Morgan fingerprint density at radius 1 is 1.16 bits per heavy atom. The fourth-order valence-electron chi connectivity index (χ4n) is 1.98. The van der Waals surface area contributed by atoms with Crippen molar-refractivity contribution in [3.8, 4) is 5.75 Å². The Hall–Kier alpha value is -0.670. The second-order valence-corrected chi connectivity index (χ2v) is 6.09. The zero-order valence-corrected chi connectivity index (χ0v) is 13.4. The van der Waals surface area contributed by atoms with Crippen molar-refractivity contribution in [2.24, 2.45) is 5.92 Å². The molecule has 0 radical (unpaired) electrons. The highest BCUT2D eigenvalue weighted by Gasteiger charge is 2.15. The summed E-state index contributed by atoms with van der Waals surface area (Å²) in [6, 6.07) is 8.75. The maximum atomic E-state index is 5.74. The Morgan fingerprint density at radius 3 is 2.53 bits per heavy atom. The number of benzene rings is 1. The van der Waals surface area contributed by atoms with Crippen LogP contribution in [-0.4, -0.2) is 24.7 Å². The van der Waals surface area contributed by atoms with Gasteiger partial charge in [-0.1, -0.05) is 39.0 Å². The van der Waals surface area contributed by atoms with Crippen LogP contribution in [-0.2, 0) is 0 Å². The van der Waals surface area contributed by atoms with Crippen LogP contribution in [0.1, 0.15) is 39.3 Å². The third kappa shape index (κ3) is 5.87. The number of ether oxygens (including phenoxy) is 1. The van der Waals surface area contributed by atoms with E-state index >= 15 is 0 Å². The molecule has 0 aliphatic rings. The van der Waals surface area contributed by atoms with E-state index in [2.05, 4.69) is 44.3 Å². The largest absolute Gasteiger partial charge is 0.494 e. The molecule has 1 unspecified atom stereocenters. The number of rotatable bonds is 9. The summed E-state index contributed by atoms with van der Waals surface area (Å²) in [6.07, 6.45) is 0. The van der Waals surface area contributed by atoms with Gasteiger partial charge in [0.25, 0.3) is 0 Å². The lowest BCUT2D eigenvalue weighted by atomic mass is 10.1. The zero-order chi connectivity index (χ0) is 14.1. The lowest BCUT2D eigenvalue weighted by Gasteiger charge is -2.21. The first-order valence-corrected chi connectivity index (χ1v) is 8.37. The lowest BCUT2D eigenvalue weighted by molar-refractivity contribution is 0.333. The lowest BCUT2D eigenvalue weighted by Crippen LogP contribution is -2.24. The number of hydrogen-bond acceptors (Lipinski definition) is 3. The molecule has 0 heterocycles. The third-order valence-corrected chi connectivity index (χ3v) is 4.25. The Morgan fingerprint density at radius 2 is 1.89 bits per heavy atom. The van der Waals surface area contributed by atoms with Crippen LogP contribution in [0.3, 0.4) is 0 Å². The van der Waals surface area contributed by atoms with E-state index in [0.717, 1.165) is 30.6 Å². The standard InChI is InChI=1S/C16H27NOS/c1-5-17-15(12-19-11-13(3)4)14-9-7-8-10-16(14)18-6-2/h7-10,13,15,17H,5-6,11-12H2,1-4H3. The summed E-state index contributed by atoms with van der Waals surface area (Å²) in [5.74, 6) is 4.06. The van der Waals surface area contributed by atoms with Crippen LogP contribution in [0.5, 0.6) is 5.75 Å². The van der Waals surface area contributed by atoms with E-state index in [1.54, 1.807) is 0 Å². The Balaban J connectivity index is 2.73. The molecule has 0 saturated carbocycles. The molecular formula is C16H27NOS. The minimum absolute atomic E-state index is 0.372. The molecule has 108 valence electrons. The van der Waals surface area contributed by atoms with Crippen molar-refractivity contribution in [2.75, 3.05) is 24.7 Å². The third-order valence-electron chi connectivity index (χ3n) is 2.78. The van der Waals surface area contributed by atoms with E-state index in [-0.39, 0.29) is 0 Å². The van der Waals surface area contributed by atoms with Crippen LogP contribution in [0.25, 0.3) is 0 Å². The summed E-state index contributed by atoms with van der Waals surface area (Å²) in [4.78, 5) is 0. The molecule has 0 aromatic heterocycles. The van der Waals surface area contributed by atoms with Crippen LogP contribution < -0.4 is 10.1 Å². The summed E-state index contributed by atoms with van der Waals surface area (Å²) in [7, 11) is 0. The van der Waals surface area contributed by atoms with E-state index in [4.69, 9.17) is 4.74 Å². The molecule has 19 heavy (non-hydrogen) atoms. The minimum Gasteiger partial charge on any atom is -0.494 e. The van der Waals surface area contributed by atoms with Gasteiger partial charge in [0.2, 0.25) is 0 Å². The summed E-state index contributed by atoms with van der Waals surface area (Å²) in [5, 5.41) is 3.57. The molecule has 1 aromatic carbocycles. The average molecular weight is 281 g/mol. The fourth-order valence-corrected chi connectivity index (χ4v) is 3.12. The van der Waals surface area contributed by atoms with E-state index in [1.807, 2.05) is 24.8 Å². The normalized spacial score (nSPS) is 12.7. The van der Waals surface area contributed by atoms with Gasteiger partial charge < -0.3 is 10.1 Å². The number of thioether (sulfide) groups is 1. The summed E-state index contributed by atoms with van der Waals surface area (Å²) < 4.78 is 5.74. The molecule has 2 nitrogen and oxygen atoms in total. The Labute approximate surface area is 122 Å². The van der Waals surface area contributed by atoms with Crippen LogP contribution >= 0.6 is 11.8 Å². The monoisotopic (exact) mass is 281 g/mol. The van der Waals surface area contributed by atoms with Gasteiger partial charge >= 0.3 is 0 Å². The zero-order valence-electron chi connectivity index (χ0n) is 12.6. The first-order valence-electron chi connectivity index (χ1n) is 7.21. The van der Waals surface area contributed by atoms with Gasteiger partial charge in [0.1, 0.15) is 5.75 Å². The number of para-hydroxylation sites is 1. The molecule has 0 aliphatic carbocycles. The van der Waals surface area contributed by atoms with Gasteiger partial charge in [0.15, 0.2) is 0 Å². The van der Waals surface area contributed by atoms with Crippen molar-refractivity contribution in [3.05, 3.63) is 29.8 Å². The molecular weight excluding hydrogens is 254 g/mol. The molecule has 0 spiro atoms. The van der Waals surface area contributed by atoms with Gasteiger partial charge in [-0.05, 0) is 31.2 Å². The van der Waals surface area contributed by atoms with Crippen molar-refractivity contribution >= 4 is 11.8 Å². The van der Waals surface area contributed by atoms with Crippen molar-refractivity contribution in [2.45, 2.75) is 33.7 Å². The molecule has 0 aliphatic heterocycles. The van der Waals surface area contributed by atoms with Crippen LogP contribution in [0, 0.1) is 5.92 Å². The minimum atomic E-state index is 0.372. The highest BCUT2D eigenvalue weighted by Crippen LogP contribution is 2.28. The summed E-state index contributed by atoms with van der Waals surface area (Å²) in [5.41, 5.74) is 1.28. The second kappa shape index (κ2) is 9.27. The van der Waals surface area contributed by atoms with Gasteiger partial charge in [-0.3, -0.25) is 0 Å². The molecule has 3 heteroatoms. The predicted molar refractivity (Wildman–Crippen MR) is 86.2 cm³/mol. The first-order chi connectivity index (χ1) is 9.19. The van der Waals surface area contributed by atoms with Crippen molar-refractivity contribution in [1.29, 1.82) is 0 Å². The average Bonchev–Trinajstić information content (AvgIpc) is 2.38. The van der Waals surface area contributed by atoms with Crippen molar-refractivity contribution < 1.29 is 4.74 Å². The molecule has 1 atom stereocenters. The van der Waals surface area contributed by atoms with E-state index in [0.29, 0.717) is 6.04 Å². The molecule has 0 bridgehead atoms. The van der Waals surface area contributed by atoms with E-state index in [1.165, 1.54) is 11.3 Å². The molecule has 1 N–H and O–H groups in total. The maximum absolute atomic E-state index is 5.74. The quantitative estimate of drug-likeness (QED) is 0.735. The summed E-state index contributed by atoms with van der Waals surface area (Å²) in [6.45, 7) is 10.4. The van der Waals surface area contributed by atoms with Gasteiger partial charge in [-0.25, -0.2) is 0 Å². The number of hydrogen-bond donors (Lipinski definition) is 1. The topological polar surface area (TPSA) is 21.3 Å². The fraction of sp³-hybridized carbons (Fsp3) is 0.625. The molecule has 1 aromatic rings. The van der Waals surface area contributed by atoms with E-state index < -0.39 is 0 Å². The van der Waals surface area contributed by atoms with Crippen LogP contribution in [0.2, 0.25) is 0 Å². The second-order valence-electron chi connectivity index (χ2n) is 5.01. The van der Waals surface area contributed by atoms with Crippen LogP contribution in [0.15, 0.2) is 24.3 Å². The molecule has 1 rings (SSSR count). The Bertz CT molecular complexity index is 354. The highest BCUT2D eigenvalue weighted by molar-refractivity contribution is 7.99. The van der Waals surface area contributed by atoms with Crippen LogP contribution in [0.4, 0.5) is 0 Å².